The Morgan fingerprint density at radius 3 is 2.87 bits per heavy atom. The summed E-state index contributed by atoms with van der Waals surface area (Å²) in [4.78, 5) is 16.4. The normalized spacial score (nSPS) is 23.8. The molecule has 0 saturated carbocycles. The lowest BCUT2D eigenvalue weighted by Crippen LogP contribution is -2.40. The molecule has 0 aromatic heterocycles. The van der Waals surface area contributed by atoms with E-state index in [0.29, 0.717) is 11.1 Å². The van der Waals surface area contributed by atoms with Crippen LogP contribution in [0.2, 0.25) is 0 Å². The van der Waals surface area contributed by atoms with E-state index in [1.54, 1.807) is 30.3 Å². The van der Waals surface area contributed by atoms with Crippen molar-refractivity contribution in [2.75, 3.05) is 20.6 Å². The molecule has 160 valence electrons. The summed E-state index contributed by atoms with van der Waals surface area (Å²) in [6, 6.07) is 4.68. The number of nitrogens with zero attached hydrogens (tertiary/aromatic N) is 3. The molecule has 0 fully saturated rings. The number of rotatable bonds is 4. The number of fused-ring (bicyclic) bond motifs is 1. The van der Waals surface area contributed by atoms with Gasteiger partial charge in [0, 0.05) is 56.6 Å². The molecular formula is C22H23FN6OS. The molecule has 7 nitrogen and oxygen atoms in total. The van der Waals surface area contributed by atoms with Crippen molar-refractivity contribution in [1.29, 1.82) is 0 Å². The zero-order valence-electron chi connectivity index (χ0n) is 17.2. The number of allylic oxidation sites excluding steroid dienone is 1. The van der Waals surface area contributed by atoms with E-state index in [1.165, 1.54) is 23.4 Å². The molecule has 2 atom stereocenters. The van der Waals surface area contributed by atoms with Gasteiger partial charge >= 0.3 is 0 Å². The summed E-state index contributed by atoms with van der Waals surface area (Å²) < 4.78 is 15.1. The number of halogens is 1. The van der Waals surface area contributed by atoms with E-state index in [4.69, 9.17) is 0 Å². The smallest absolute Gasteiger partial charge is 0.255 e. The summed E-state index contributed by atoms with van der Waals surface area (Å²) in [5.41, 5.74) is 6.80. The van der Waals surface area contributed by atoms with Gasteiger partial charge in [-0.2, -0.15) is 0 Å². The van der Waals surface area contributed by atoms with E-state index < -0.39 is 5.82 Å². The second-order valence-corrected chi connectivity index (χ2v) is 8.65. The SMILES string of the molecule is CN1C=C(C2=CN3C(c4ccc(C(=O)N(C)C5NC=CS5)cc4F)=CNC3C=C2)CN1. The molecule has 4 heterocycles. The van der Waals surface area contributed by atoms with E-state index in [9.17, 15) is 4.79 Å². The number of carbonyl (C=O) groups excluding carboxylic acids is 1. The van der Waals surface area contributed by atoms with Crippen LogP contribution in [0, 0.1) is 5.82 Å². The number of amides is 1. The zero-order valence-corrected chi connectivity index (χ0v) is 18.0. The van der Waals surface area contributed by atoms with Crippen LogP contribution in [0.15, 0.2) is 71.7 Å². The molecule has 0 radical (unpaired) electrons. The Kier molecular flexibility index (Phi) is 4.99. The number of hydrazine groups is 1. The summed E-state index contributed by atoms with van der Waals surface area (Å²) in [6.07, 6.45) is 11.8. The number of benzene rings is 1. The standard InChI is InChI=1S/C22H23FN6OS/c1-27-12-16(10-26-27)15-4-6-20-25-11-19(29(20)13-15)17-5-3-14(9-18(17)23)21(30)28(2)22-24-7-8-31-22/h3-9,11-13,20,22,24-26H,10H2,1-2H3. The van der Waals surface area contributed by atoms with Gasteiger partial charge in [0.1, 0.15) is 12.0 Å². The monoisotopic (exact) mass is 438 g/mol. The largest absolute Gasteiger partial charge is 0.366 e. The van der Waals surface area contributed by atoms with Crippen LogP contribution in [0.5, 0.6) is 0 Å². The minimum Gasteiger partial charge on any atom is -0.366 e. The van der Waals surface area contributed by atoms with Gasteiger partial charge in [0.2, 0.25) is 0 Å². The third kappa shape index (κ3) is 3.60. The average molecular weight is 439 g/mol. The molecule has 9 heteroatoms. The van der Waals surface area contributed by atoms with Gasteiger partial charge in [-0.3, -0.25) is 4.79 Å². The van der Waals surface area contributed by atoms with E-state index >= 15 is 4.39 Å². The number of hydrogen-bond donors (Lipinski definition) is 3. The maximum absolute atomic E-state index is 15.1. The van der Waals surface area contributed by atoms with Gasteiger partial charge < -0.3 is 25.4 Å². The Labute approximate surface area is 184 Å². The lowest BCUT2D eigenvalue weighted by molar-refractivity contribution is 0.0772. The van der Waals surface area contributed by atoms with Gasteiger partial charge in [-0.25, -0.2) is 9.82 Å². The third-order valence-electron chi connectivity index (χ3n) is 5.62. The summed E-state index contributed by atoms with van der Waals surface area (Å²) in [5, 5.41) is 10.2. The molecule has 31 heavy (non-hydrogen) atoms. The lowest BCUT2D eigenvalue weighted by atomic mass is 10.0. The maximum atomic E-state index is 15.1. The Balaban J connectivity index is 1.38. The van der Waals surface area contributed by atoms with Gasteiger partial charge in [0.25, 0.3) is 5.91 Å². The molecule has 4 aliphatic heterocycles. The highest BCUT2D eigenvalue weighted by molar-refractivity contribution is 8.02. The molecule has 0 spiro atoms. The first-order chi connectivity index (χ1) is 15.0. The first-order valence-electron chi connectivity index (χ1n) is 9.97. The summed E-state index contributed by atoms with van der Waals surface area (Å²) in [5.74, 6) is -0.660. The van der Waals surface area contributed by atoms with Gasteiger partial charge in [-0.15, -0.1) is 0 Å². The van der Waals surface area contributed by atoms with Gasteiger partial charge in [0.15, 0.2) is 5.50 Å². The highest BCUT2D eigenvalue weighted by Gasteiger charge is 2.29. The number of carbonyl (C=O) groups is 1. The van der Waals surface area contributed by atoms with Crippen LogP contribution in [0.25, 0.3) is 5.70 Å². The molecule has 1 aromatic rings. The minimum atomic E-state index is -0.427. The van der Waals surface area contributed by atoms with Gasteiger partial charge in [0.05, 0.1) is 5.70 Å². The molecular weight excluding hydrogens is 415 g/mol. The van der Waals surface area contributed by atoms with Crippen LogP contribution in [0.3, 0.4) is 0 Å². The molecule has 1 aromatic carbocycles. The molecule has 1 amide bonds. The second kappa shape index (κ2) is 7.82. The fourth-order valence-corrected chi connectivity index (χ4v) is 4.66. The van der Waals surface area contributed by atoms with Crippen molar-refractivity contribution in [2.24, 2.45) is 0 Å². The number of hydrogen-bond acceptors (Lipinski definition) is 7. The van der Waals surface area contributed by atoms with Crippen molar-refractivity contribution >= 4 is 23.4 Å². The van der Waals surface area contributed by atoms with Crippen molar-refractivity contribution in [3.05, 3.63) is 88.6 Å². The molecule has 0 saturated heterocycles. The molecule has 0 bridgehead atoms. The predicted molar refractivity (Wildman–Crippen MR) is 120 cm³/mol. The van der Waals surface area contributed by atoms with Crippen LogP contribution in [-0.2, 0) is 0 Å². The first kappa shape index (κ1) is 19.8. The van der Waals surface area contributed by atoms with E-state index in [2.05, 4.69) is 28.2 Å². The van der Waals surface area contributed by atoms with Crippen molar-refractivity contribution in [3.8, 4) is 0 Å². The minimum absolute atomic E-state index is 0.0590. The van der Waals surface area contributed by atoms with Crippen LogP contribution in [0.4, 0.5) is 4.39 Å². The molecule has 0 aliphatic carbocycles. The van der Waals surface area contributed by atoms with Crippen LogP contribution < -0.4 is 16.1 Å². The number of thioether (sulfide) groups is 1. The fourth-order valence-electron chi connectivity index (χ4n) is 3.92. The Morgan fingerprint density at radius 2 is 2.16 bits per heavy atom. The van der Waals surface area contributed by atoms with Crippen molar-refractivity contribution < 1.29 is 9.18 Å². The quantitative estimate of drug-likeness (QED) is 0.667. The van der Waals surface area contributed by atoms with E-state index in [0.717, 1.165) is 17.8 Å². The lowest BCUT2D eigenvalue weighted by Gasteiger charge is -2.28. The van der Waals surface area contributed by atoms with Crippen LogP contribution in [-0.4, -0.2) is 53.0 Å². The van der Waals surface area contributed by atoms with Crippen molar-refractivity contribution in [2.45, 2.75) is 11.7 Å². The third-order valence-corrected chi connectivity index (χ3v) is 6.63. The van der Waals surface area contributed by atoms with Gasteiger partial charge in [-0.05, 0) is 40.8 Å². The fraction of sp³-hybridized carbons (Fsp3) is 0.227. The summed E-state index contributed by atoms with van der Waals surface area (Å²) in [6.45, 7) is 0.750. The molecule has 2 unspecified atom stereocenters. The second-order valence-electron chi connectivity index (χ2n) is 7.66. The highest BCUT2D eigenvalue weighted by atomic mass is 32.2. The Morgan fingerprint density at radius 1 is 1.29 bits per heavy atom. The summed E-state index contributed by atoms with van der Waals surface area (Å²) >= 11 is 1.50. The Bertz CT molecular complexity index is 1070. The molecule has 5 rings (SSSR count). The Hall–Kier alpha value is -3.17. The van der Waals surface area contributed by atoms with E-state index in [1.807, 2.05) is 41.0 Å². The summed E-state index contributed by atoms with van der Waals surface area (Å²) in [7, 11) is 3.66. The van der Waals surface area contributed by atoms with Crippen LogP contribution >= 0.6 is 11.8 Å². The topological polar surface area (TPSA) is 62.9 Å². The van der Waals surface area contributed by atoms with Crippen LogP contribution in [0.1, 0.15) is 15.9 Å². The highest BCUT2D eigenvalue weighted by Crippen LogP contribution is 2.33. The average Bonchev–Trinajstić information content (AvgIpc) is 3.53. The zero-order chi connectivity index (χ0) is 21.5. The van der Waals surface area contributed by atoms with E-state index in [-0.39, 0.29) is 17.6 Å². The van der Waals surface area contributed by atoms with Crippen molar-refractivity contribution in [3.63, 3.8) is 0 Å². The maximum Gasteiger partial charge on any atom is 0.255 e. The first-order valence-corrected chi connectivity index (χ1v) is 10.9. The number of nitrogens with one attached hydrogen (secondary N) is 3. The predicted octanol–water partition coefficient (Wildman–Crippen LogP) is 2.31. The van der Waals surface area contributed by atoms with Crippen molar-refractivity contribution in [1.82, 2.24) is 30.9 Å². The molecule has 4 aliphatic rings. The molecule has 3 N–H and O–H groups in total. The van der Waals surface area contributed by atoms with Gasteiger partial charge in [-0.1, -0.05) is 17.8 Å².